The molecular formula is C72H109B4GdN10O24-2. The Bertz CT molecular complexity index is 3280. The molecule has 0 unspecified atom stereocenters. The van der Waals surface area contributed by atoms with Crippen molar-refractivity contribution >= 4 is 98.8 Å². The Labute approximate surface area is 684 Å². The van der Waals surface area contributed by atoms with Crippen molar-refractivity contribution in [1.82, 2.24) is 49.0 Å². The Hall–Kier alpha value is -5.86. The number of carbonyl (C=O) groups is 7. The third kappa shape index (κ3) is 45.7. The molecule has 111 heavy (non-hydrogen) atoms. The Kier molecular flexibility index (Phi) is 55.3. The molecule has 0 aromatic heterocycles. The molecule has 0 heterocycles. The molecule has 1 radical (unpaired) electrons. The predicted molar refractivity (Wildman–Crippen MR) is 405 cm³/mol. The van der Waals surface area contributed by atoms with Crippen LogP contribution in [0, 0.1) is 53.2 Å². The molecule has 9 N–H and O–H groups in total. The number of Topliss-reactive ketones (excluding diaryl/α,β-unsaturated/α-hetero) is 4. The Balaban J connectivity index is 0.000000747. The van der Waals surface area contributed by atoms with Crippen LogP contribution in [0.4, 0.5) is 0 Å². The molecule has 4 rings (SSSR count). The molecule has 0 saturated carbocycles. The summed E-state index contributed by atoms with van der Waals surface area (Å²) in [5, 5.41) is 108. The minimum Gasteiger partial charge on any atom is -0.759 e. The molecule has 0 fully saturated rings. The summed E-state index contributed by atoms with van der Waals surface area (Å²) in [5.41, 5.74) is 4.76. The fraction of sp³-hybridized carbons (Fsp3) is 0.528. The van der Waals surface area contributed by atoms with Crippen LogP contribution in [0.3, 0.4) is 0 Å². The fourth-order valence-electron chi connectivity index (χ4n) is 12.0. The first-order valence-corrected chi connectivity index (χ1v) is 36.2. The van der Waals surface area contributed by atoms with Crippen LogP contribution in [0.25, 0.3) is 0 Å². The van der Waals surface area contributed by atoms with E-state index in [9.17, 15) is 94.2 Å². The number of benzene rings is 4. The normalized spacial score (nSPS) is 11.4. The van der Waals surface area contributed by atoms with Crippen molar-refractivity contribution in [3.8, 4) is 0 Å². The summed E-state index contributed by atoms with van der Waals surface area (Å²) in [7, 11) is 1.16. The van der Waals surface area contributed by atoms with Gasteiger partial charge in [-0.05, 0) is 124 Å². The maximum Gasteiger partial charge on any atom is 3.00 e. The first-order chi connectivity index (χ1) is 52.8. The second-order valence-corrected chi connectivity index (χ2v) is 26.8. The molecule has 4 aromatic carbocycles. The molecule has 0 aliphatic rings. The van der Waals surface area contributed by atoms with E-state index in [0.29, 0.717) is 120 Å². The molecule has 0 bridgehead atoms. The molecule has 0 atom stereocenters. The number of carbonyl (C=O) groups excluding carboxylic acids is 7. The zero-order valence-corrected chi connectivity index (χ0v) is 66.1. The summed E-state index contributed by atoms with van der Waals surface area (Å²) < 4.78 is 14.7. The van der Waals surface area contributed by atoms with Crippen LogP contribution in [-0.2, 0) is 88.5 Å². The Morgan fingerprint density at radius 1 is 0.396 bits per heavy atom. The van der Waals surface area contributed by atoms with Crippen molar-refractivity contribution in [2.75, 3.05) is 173 Å². The van der Waals surface area contributed by atoms with Gasteiger partial charge in [-0.15, -0.1) is 13.1 Å². The van der Waals surface area contributed by atoms with Crippen molar-refractivity contribution in [3.05, 3.63) is 133 Å². The van der Waals surface area contributed by atoms with Gasteiger partial charge in [-0.3, -0.25) is 53.2 Å². The van der Waals surface area contributed by atoms with E-state index >= 15 is 0 Å². The molecule has 39 heteroatoms. The minimum absolute atomic E-state index is 0. The molecule has 0 spiro atoms. The SMILES string of the molecule is CN(CCCC(=O)CN(CCN(CCN(CC(=O)O)CC(=O)CCCN(C)Cc1ccccc1B(O)O)COC=O)COC=O)Cc1ccccc1B(O)O.CN(CCCC(=O)CN(C[CH-]O[O-])CCN(C[CH-]O[O-])CCN(CO[C-]=O)CC(=O)CCCN(C)Cc1ccccc1B(O)O)Cc1ccccc1B(O)O.[Gd+3]. The first kappa shape index (κ1) is 101. The maximum absolute atomic E-state index is 12.9. The quantitative estimate of drug-likeness (QED) is 0.00378. The molecule has 4 aromatic rings. The van der Waals surface area contributed by atoms with Gasteiger partial charge >= 0.3 is 74.4 Å². The molecule has 0 aliphatic carbocycles. The summed E-state index contributed by atoms with van der Waals surface area (Å²) in [6.45, 7) is 9.71. The van der Waals surface area contributed by atoms with Gasteiger partial charge in [0.2, 0.25) is 0 Å². The maximum atomic E-state index is 12.9. The van der Waals surface area contributed by atoms with Gasteiger partial charge in [0.1, 0.15) is 43.3 Å². The Morgan fingerprint density at radius 2 is 0.667 bits per heavy atom. The van der Waals surface area contributed by atoms with Crippen LogP contribution in [-0.4, -0.2) is 344 Å². The zero-order chi connectivity index (χ0) is 81.0. The van der Waals surface area contributed by atoms with Crippen molar-refractivity contribution < 1.29 is 158 Å². The topological polar surface area (TPSA) is 443 Å². The van der Waals surface area contributed by atoms with E-state index in [1.165, 1.54) is 11.4 Å². The molecule has 613 valence electrons. The number of ketones is 4. The van der Waals surface area contributed by atoms with Gasteiger partial charge in [0.25, 0.3) is 12.9 Å². The van der Waals surface area contributed by atoms with Gasteiger partial charge in [-0.25, -0.2) is 13.2 Å². The first-order valence-electron chi connectivity index (χ1n) is 36.2. The second kappa shape index (κ2) is 60.7. The van der Waals surface area contributed by atoms with E-state index in [4.69, 9.17) is 14.2 Å². The van der Waals surface area contributed by atoms with Crippen molar-refractivity contribution in [1.29, 1.82) is 0 Å². The smallest absolute Gasteiger partial charge is 0.759 e. The molecular weight excluding hydrogens is 1590 g/mol. The van der Waals surface area contributed by atoms with E-state index in [-0.39, 0.29) is 200 Å². The number of nitrogens with zero attached hydrogens (tertiary/aromatic N) is 10. The monoisotopic (exact) mass is 1700 g/mol. The van der Waals surface area contributed by atoms with E-state index < -0.39 is 34.4 Å². The van der Waals surface area contributed by atoms with Gasteiger partial charge in [0.05, 0.1) is 32.7 Å². The number of hydrogen-bond donors (Lipinski definition) is 9. The van der Waals surface area contributed by atoms with Crippen LogP contribution in [0.2, 0.25) is 0 Å². The number of carboxylic acid groups (broad SMARTS) is 1. The van der Waals surface area contributed by atoms with Crippen LogP contribution in [0.5, 0.6) is 0 Å². The fourth-order valence-corrected chi connectivity index (χ4v) is 12.0. The van der Waals surface area contributed by atoms with Gasteiger partial charge in [-0.1, -0.05) is 104 Å². The third-order valence-electron chi connectivity index (χ3n) is 17.7. The van der Waals surface area contributed by atoms with E-state index in [2.05, 4.69) is 9.78 Å². The van der Waals surface area contributed by atoms with E-state index in [0.717, 1.165) is 35.5 Å². The van der Waals surface area contributed by atoms with Gasteiger partial charge in [0, 0.05) is 104 Å². The number of rotatable bonds is 65. The summed E-state index contributed by atoms with van der Waals surface area (Å²) in [4.78, 5) is 122. The predicted octanol–water partition coefficient (Wildman–Crippen LogP) is -6.28. The minimum atomic E-state index is -1.59. The number of carboxylic acids is 1. The number of hydrogen-bond acceptors (Lipinski definition) is 33. The standard InChI is InChI=1S/C36H55B2N5O12.C36H56B2N5O12.Gd/c1-39(21-30-9-3-5-13-34(30)37(50)51)15-7-11-32(46)23-42(25-36(48)49)19-17-41(26-54-28-44)18-20-43(27-55-29-45)24-33(47)12-8-16-40(2)22-31-10-4-6-14-35(31)38(52)53;1-39(25-31-9-3-5-13-35(31)37(47)48)15-7-11-33(45)27-42(22-24-55-52)19-17-41(21-23-54-51)18-20-43(29-53-30-44)28-34(46)12-8-16-40(2)26-32-10-4-6-14-36(32)38(49)50;/h3-6,9-10,13-14,28-29,50-53H,7-8,11-12,15-27H2,1-2H3,(H,48,49);3-6,9-10,13-14,23-24,47-52H,7-8,11-12,15-22,25-29H2,1-2H3;/q;-3;+3/p-2. The van der Waals surface area contributed by atoms with Crippen LogP contribution in [0.1, 0.15) is 73.6 Å². The summed E-state index contributed by atoms with van der Waals surface area (Å²) in [6, 6.07) is 28.0. The van der Waals surface area contributed by atoms with Gasteiger partial charge in [-0.2, -0.15) is 0 Å². The average molecular weight is 1700 g/mol. The van der Waals surface area contributed by atoms with E-state index in [1.54, 1.807) is 74.2 Å². The largest absolute Gasteiger partial charge is 3.00 e. The molecule has 34 nitrogen and oxygen atoms in total. The van der Waals surface area contributed by atoms with Crippen LogP contribution in [0.15, 0.2) is 97.1 Å². The average Bonchev–Trinajstić information content (AvgIpc) is 0.880. The van der Waals surface area contributed by atoms with Gasteiger partial charge < -0.3 is 114 Å². The van der Waals surface area contributed by atoms with Crippen LogP contribution >= 0.6 is 0 Å². The summed E-state index contributed by atoms with van der Waals surface area (Å²) >= 11 is 0. The van der Waals surface area contributed by atoms with Crippen molar-refractivity contribution in [3.63, 3.8) is 0 Å². The Morgan fingerprint density at radius 3 is 0.982 bits per heavy atom. The molecule has 0 amide bonds. The number of ether oxygens (including phenoxy) is 3. The third-order valence-corrected chi connectivity index (χ3v) is 17.7. The van der Waals surface area contributed by atoms with Gasteiger partial charge in [0.15, 0.2) is 0 Å². The number of aliphatic carboxylic acids is 1. The van der Waals surface area contributed by atoms with Crippen molar-refractivity contribution in [2.45, 2.75) is 77.5 Å². The summed E-state index contributed by atoms with van der Waals surface area (Å²) in [6.07, 6.45) is 3.16. The molecule has 0 saturated heterocycles. The summed E-state index contributed by atoms with van der Waals surface area (Å²) in [5.74, 6) is -1.47. The van der Waals surface area contributed by atoms with E-state index in [1.807, 2.05) is 95.2 Å². The zero-order valence-electron chi connectivity index (χ0n) is 63.9. The molecule has 0 aliphatic heterocycles. The van der Waals surface area contributed by atoms with Crippen molar-refractivity contribution in [2.24, 2.45) is 0 Å². The van der Waals surface area contributed by atoms with Crippen LogP contribution < -0.4 is 32.4 Å². The second-order valence-electron chi connectivity index (χ2n) is 26.8.